The lowest BCUT2D eigenvalue weighted by Crippen LogP contribution is -2.43. The summed E-state index contributed by atoms with van der Waals surface area (Å²) in [6.45, 7) is 0.144. The molecule has 2 amide bonds. The van der Waals surface area contributed by atoms with Crippen LogP contribution in [-0.2, 0) is 6.18 Å². The van der Waals surface area contributed by atoms with Crippen LogP contribution in [0.25, 0.3) is 0 Å². The largest absolute Gasteiger partial charge is 0.416 e. The van der Waals surface area contributed by atoms with E-state index >= 15 is 0 Å². The van der Waals surface area contributed by atoms with Crippen LogP contribution in [-0.4, -0.2) is 24.5 Å². The van der Waals surface area contributed by atoms with E-state index < -0.39 is 17.8 Å². The zero-order valence-corrected chi connectivity index (χ0v) is 10.5. The van der Waals surface area contributed by atoms with Crippen LogP contribution in [0.4, 0.5) is 23.7 Å². The van der Waals surface area contributed by atoms with Gasteiger partial charge in [0.2, 0.25) is 0 Å². The quantitative estimate of drug-likeness (QED) is 0.794. The first kappa shape index (κ1) is 13.9. The van der Waals surface area contributed by atoms with E-state index in [-0.39, 0.29) is 12.2 Å². The van der Waals surface area contributed by atoms with Crippen LogP contribution in [0.1, 0.15) is 5.56 Å². The molecule has 1 aromatic rings. The Hall–Kier alpha value is -2.49. The lowest BCUT2D eigenvalue weighted by atomic mass is 10.1. The van der Waals surface area contributed by atoms with E-state index in [1.807, 2.05) is 6.07 Å². The predicted molar refractivity (Wildman–Crippen MR) is 65.6 cm³/mol. The molecule has 0 atom stereocenters. The Balaban J connectivity index is 2.45. The molecule has 0 spiro atoms. The van der Waals surface area contributed by atoms with Crippen LogP contribution < -0.4 is 4.90 Å². The van der Waals surface area contributed by atoms with Gasteiger partial charge in [0.05, 0.1) is 29.4 Å². The van der Waals surface area contributed by atoms with Crippen molar-refractivity contribution >= 4 is 11.7 Å². The molecular weight excluding hydrogens is 271 g/mol. The molecule has 20 heavy (non-hydrogen) atoms. The number of hydrogen-bond acceptors (Lipinski definition) is 2. The zero-order chi connectivity index (χ0) is 14.9. The summed E-state index contributed by atoms with van der Waals surface area (Å²) in [7, 11) is 1.48. The first-order chi connectivity index (χ1) is 9.32. The minimum Gasteiger partial charge on any atom is -0.322 e. The number of benzene rings is 1. The molecule has 1 aliphatic heterocycles. The number of anilines is 1. The lowest BCUT2D eigenvalue weighted by Gasteiger charge is -2.30. The van der Waals surface area contributed by atoms with Crippen molar-refractivity contribution in [2.45, 2.75) is 6.18 Å². The standard InChI is InChI=1S/C13H10F3N3O/c1-18-7-9(6-17)8-19(12(18)20)11-4-2-3-10(5-11)13(14,15)16/h2-5,8H,7H2,1H3. The average Bonchev–Trinajstić information content (AvgIpc) is 2.41. The van der Waals surface area contributed by atoms with E-state index in [2.05, 4.69) is 0 Å². The fraction of sp³-hybridized carbons (Fsp3) is 0.231. The van der Waals surface area contributed by atoms with Crippen LogP contribution in [0.15, 0.2) is 36.0 Å². The number of nitriles is 1. The summed E-state index contributed by atoms with van der Waals surface area (Å²) in [6, 6.07) is 5.83. The second kappa shape index (κ2) is 4.89. The normalized spacial score (nSPS) is 15.9. The molecule has 0 aromatic heterocycles. The molecule has 0 aliphatic carbocycles. The van der Waals surface area contributed by atoms with E-state index in [0.717, 1.165) is 17.0 Å². The van der Waals surface area contributed by atoms with Crippen LogP contribution in [0.2, 0.25) is 0 Å². The fourth-order valence-electron chi connectivity index (χ4n) is 1.84. The maximum Gasteiger partial charge on any atom is 0.416 e. The van der Waals surface area contributed by atoms with Crippen LogP contribution in [0.5, 0.6) is 0 Å². The lowest BCUT2D eigenvalue weighted by molar-refractivity contribution is -0.137. The highest BCUT2D eigenvalue weighted by Gasteiger charge is 2.32. The third kappa shape index (κ3) is 2.59. The summed E-state index contributed by atoms with van der Waals surface area (Å²) in [5.74, 6) is 0. The molecule has 0 radical (unpaired) electrons. The van der Waals surface area contributed by atoms with Crippen molar-refractivity contribution in [2.24, 2.45) is 0 Å². The Bertz CT molecular complexity index is 616. The van der Waals surface area contributed by atoms with Gasteiger partial charge in [0.15, 0.2) is 0 Å². The number of rotatable bonds is 1. The third-order valence-corrected chi connectivity index (χ3v) is 2.82. The zero-order valence-electron chi connectivity index (χ0n) is 10.5. The van der Waals surface area contributed by atoms with E-state index in [4.69, 9.17) is 5.26 Å². The van der Waals surface area contributed by atoms with Gasteiger partial charge >= 0.3 is 12.2 Å². The number of likely N-dealkylation sites (N-methyl/N-ethyl adjacent to an activating group) is 1. The number of carbonyl (C=O) groups excluding carboxylic acids is 1. The third-order valence-electron chi connectivity index (χ3n) is 2.82. The maximum atomic E-state index is 12.7. The minimum absolute atomic E-state index is 0.0733. The predicted octanol–water partition coefficient (Wildman–Crippen LogP) is 2.98. The Morgan fingerprint density at radius 1 is 1.35 bits per heavy atom. The molecule has 0 N–H and O–H groups in total. The summed E-state index contributed by atoms with van der Waals surface area (Å²) < 4.78 is 38.0. The van der Waals surface area contributed by atoms with Gasteiger partial charge in [0, 0.05) is 13.2 Å². The number of halogens is 3. The molecule has 4 nitrogen and oxygen atoms in total. The number of alkyl halides is 3. The van der Waals surface area contributed by atoms with Crippen molar-refractivity contribution in [3.8, 4) is 6.07 Å². The molecule has 0 bridgehead atoms. The number of urea groups is 1. The second-order valence-corrected chi connectivity index (χ2v) is 4.32. The summed E-state index contributed by atoms with van der Waals surface area (Å²) in [4.78, 5) is 14.3. The highest BCUT2D eigenvalue weighted by atomic mass is 19.4. The molecular formula is C13H10F3N3O. The topological polar surface area (TPSA) is 47.3 Å². The Labute approximate surface area is 113 Å². The summed E-state index contributed by atoms with van der Waals surface area (Å²) >= 11 is 0. The number of hydrogen-bond donors (Lipinski definition) is 0. The van der Waals surface area contributed by atoms with Gasteiger partial charge in [-0.15, -0.1) is 0 Å². The Morgan fingerprint density at radius 2 is 2.05 bits per heavy atom. The number of amides is 2. The van der Waals surface area contributed by atoms with Gasteiger partial charge in [-0.05, 0) is 18.2 Å². The van der Waals surface area contributed by atoms with Gasteiger partial charge in [0.1, 0.15) is 0 Å². The Morgan fingerprint density at radius 3 is 2.65 bits per heavy atom. The summed E-state index contributed by atoms with van der Waals surface area (Å²) in [5.41, 5.74) is -0.475. The van der Waals surface area contributed by atoms with Crippen LogP contribution in [0, 0.1) is 11.3 Å². The second-order valence-electron chi connectivity index (χ2n) is 4.32. The summed E-state index contributed by atoms with van der Waals surface area (Å²) in [6.07, 6.45) is -3.22. The molecule has 1 heterocycles. The number of nitrogens with zero attached hydrogens (tertiary/aromatic N) is 3. The minimum atomic E-state index is -4.48. The fourth-order valence-corrected chi connectivity index (χ4v) is 1.84. The van der Waals surface area contributed by atoms with Crippen molar-refractivity contribution in [3.05, 3.63) is 41.6 Å². The van der Waals surface area contributed by atoms with Gasteiger partial charge < -0.3 is 4.90 Å². The molecule has 0 fully saturated rings. The van der Waals surface area contributed by atoms with Gasteiger partial charge in [-0.25, -0.2) is 4.79 Å². The average molecular weight is 281 g/mol. The van der Waals surface area contributed by atoms with E-state index in [1.165, 1.54) is 30.3 Å². The van der Waals surface area contributed by atoms with Crippen molar-refractivity contribution < 1.29 is 18.0 Å². The molecule has 0 saturated carbocycles. The van der Waals surface area contributed by atoms with Crippen LogP contribution >= 0.6 is 0 Å². The highest BCUT2D eigenvalue weighted by Crippen LogP contribution is 2.32. The van der Waals surface area contributed by atoms with E-state index in [0.29, 0.717) is 5.57 Å². The monoisotopic (exact) mass is 281 g/mol. The molecule has 1 aromatic carbocycles. The van der Waals surface area contributed by atoms with Gasteiger partial charge in [0.25, 0.3) is 0 Å². The number of carbonyl (C=O) groups is 1. The van der Waals surface area contributed by atoms with Gasteiger partial charge in [-0.2, -0.15) is 18.4 Å². The van der Waals surface area contributed by atoms with E-state index in [1.54, 1.807) is 0 Å². The maximum absolute atomic E-state index is 12.7. The van der Waals surface area contributed by atoms with Crippen molar-refractivity contribution in [1.82, 2.24) is 4.90 Å². The molecule has 1 aliphatic rings. The van der Waals surface area contributed by atoms with Crippen molar-refractivity contribution in [1.29, 1.82) is 5.26 Å². The highest BCUT2D eigenvalue weighted by molar-refractivity contribution is 5.95. The van der Waals surface area contributed by atoms with Crippen LogP contribution in [0.3, 0.4) is 0 Å². The van der Waals surface area contributed by atoms with Crippen molar-refractivity contribution in [3.63, 3.8) is 0 Å². The molecule has 2 rings (SSSR count). The first-order valence-electron chi connectivity index (χ1n) is 5.65. The molecule has 0 saturated heterocycles. The molecule has 0 unspecified atom stereocenters. The summed E-state index contributed by atoms with van der Waals surface area (Å²) in [5, 5.41) is 8.88. The first-order valence-corrected chi connectivity index (χ1v) is 5.65. The molecule has 7 heteroatoms. The van der Waals surface area contributed by atoms with Crippen molar-refractivity contribution in [2.75, 3.05) is 18.5 Å². The van der Waals surface area contributed by atoms with Gasteiger partial charge in [-0.1, -0.05) is 6.07 Å². The SMILES string of the molecule is CN1CC(C#N)=CN(c2cccc(C(F)(F)F)c2)C1=O. The molecule has 104 valence electrons. The van der Waals surface area contributed by atoms with E-state index in [9.17, 15) is 18.0 Å². The smallest absolute Gasteiger partial charge is 0.322 e. The van der Waals surface area contributed by atoms with Gasteiger partial charge in [-0.3, -0.25) is 4.90 Å². The Kier molecular flexibility index (Phi) is 3.40.